The summed E-state index contributed by atoms with van der Waals surface area (Å²) in [5.74, 6) is 0. The van der Waals surface area contributed by atoms with E-state index in [1.807, 2.05) is 44.2 Å². The highest BCUT2D eigenvalue weighted by Crippen LogP contribution is 2.41. The van der Waals surface area contributed by atoms with Gasteiger partial charge in [-0.05, 0) is 30.4 Å². The molecule has 0 radical (unpaired) electrons. The third kappa shape index (κ3) is 3.69. The predicted molar refractivity (Wildman–Crippen MR) is 79.3 cm³/mol. The lowest BCUT2D eigenvalue weighted by atomic mass is 10.2. The Labute approximate surface area is 113 Å². The van der Waals surface area contributed by atoms with Crippen LogP contribution in [-0.4, -0.2) is 15.9 Å². The highest BCUT2D eigenvalue weighted by Gasteiger charge is 2.22. The van der Waals surface area contributed by atoms with Crippen LogP contribution in [0.2, 0.25) is 0 Å². The van der Waals surface area contributed by atoms with Gasteiger partial charge < -0.3 is 9.88 Å². The Bertz CT molecular complexity index is 557. The Morgan fingerprint density at radius 3 is 2.63 bits per heavy atom. The molecule has 5 heteroatoms. The summed E-state index contributed by atoms with van der Waals surface area (Å²) < 4.78 is 12.2. The number of hydrogen-bond acceptors (Lipinski definition) is 1. The lowest BCUT2D eigenvalue weighted by molar-refractivity contribution is 0.438. The highest BCUT2D eigenvalue weighted by molar-refractivity contribution is 7.55. The second-order valence-corrected chi connectivity index (χ2v) is 6.86. The van der Waals surface area contributed by atoms with Crippen LogP contribution in [0, 0.1) is 0 Å². The van der Waals surface area contributed by atoms with Crippen molar-refractivity contribution >= 4 is 18.4 Å². The summed E-state index contributed by atoms with van der Waals surface area (Å²) in [4.78, 5) is 13.2. The number of aromatic nitrogens is 1. The average Bonchev–Trinajstić information content (AvgIpc) is 2.77. The molecule has 1 unspecified atom stereocenters. The Hall–Kier alpha value is -1.09. The van der Waals surface area contributed by atoms with Crippen LogP contribution >= 0.6 is 7.52 Å². The molecule has 0 aliphatic rings. The van der Waals surface area contributed by atoms with Gasteiger partial charge in [0, 0.05) is 17.3 Å². The van der Waals surface area contributed by atoms with Crippen LogP contribution in [-0.2, 0) is 10.7 Å². The van der Waals surface area contributed by atoms with Crippen LogP contribution in [0.5, 0.6) is 0 Å². The maximum atomic E-state index is 12.2. The Morgan fingerprint density at radius 1 is 1.32 bits per heavy atom. The van der Waals surface area contributed by atoms with Crippen molar-refractivity contribution in [3.63, 3.8) is 0 Å². The Morgan fingerprint density at radius 2 is 2.00 bits per heavy atom. The molecule has 0 amide bonds. The fourth-order valence-electron chi connectivity index (χ4n) is 2.25. The first kappa shape index (κ1) is 14.3. The van der Waals surface area contributed by atoms with Crippen molar-refractivity contribution in [1.82, 2.24) is 10.1 Å². The molecule has 3 N–H and O–H groups in total. The van der Waals surface area contributed by atoms with Crippen molar-refractivity contribution in [3.8, 4) is 0 Å². The summed E-state index contributed by atoms with van der Waals surface area (Å²) in [6.07, 6.45) is 1.85. The summed E-state index contributed by atoms with van der Waals surface area (Å²) in [6, 6.07) is 9.90. The molecule has 104 valence electrons. The van der Waals surface area contributed by atoms with Crippen molar-refractivity contribution < 1.29 is 9.46 Å². The quantitative estimate of drug-likeness (QED) is 0.708. The zero-order valence-corrected chi connectivity index (χ0v) is 12.3. The van der Waals surface area contributed by atoms with E-state index < -0.39 is 7.52 Å². The fraction of sp³-hybridized carbons (Fsp3) is 0.429. The Balaban J connectivity index is 2.12. The number of H-pyrrole nitrogens is 1. The van der Waals surface area contributed by atoms with Crippen molar-refractivity contribution in [1.29, 1.82) is 0 Å². The molecule has 0 aliphatic carbocycles. The minimum absolute atomic E-state index is 0.0974. The minimum atomic E-state index is -3.34. The second kappa shape index (κ2) is 5.91. The monoisotopic (exact) mass is 280 g/mol. The molecule has 1 heterocycles. The first-order valence-corrected chi connectivity index (χ1v) is 8.54. The molecule has 19 heavy (non-hydrogen) atoms. The number of fused-ring (bicyclic) bond motifs is 1. The third-order valence-corrected chi connectivity index (χ3v) is 4.88. The number of rotatable bonds is 6. The molecule has 2 aromatic rings. The van der Waals surface area contributed by atoms with Gasteiger partial charge in [-0.25, -0.2) is 5.09 Å². The molecule has 0 fully saturated rings. The number of nitrogens with one attached hydrogen (secondary N) is 2. The summed E-state index contributed by atoms with van der Waals surface area (Å²) in [5, 5.41) is 3.95. The van der Waals surface area contributed by atoms with Crippen LogP contribution in [0.25, 0.3) is 10.9 Å². The lowest BCUT2D eigenvalue weighted by Gasteiger charge is -2.19. The SMILES string of the molecule is CCC(CC)NP(=O)(O)Cc1cc2ccccc2[nH]1. The molecule has 2 rings (SSSR count). The van der Waals surface area contributed by atoms with E-state index in [0.717, 1.165) is 29.4 Å². The van der Waals surface area contributed by atoms with Gasteiger partial charge in [0.2, 0.25) is 0 Å². The van der Waals surface area contributed by atoms with Gasteiger partial charge in [-0.2, -0.15) is 0 Å². The van der Waals surface area contributed by atoms with Gasteiger partial charge in [0.1, 0.15) is 0 Å². The van der Waals surface area contributed by atoms with Crippen LogP contribution in [0.3, 0.4) is 0 Å². The molecule has 1 atom stereocenters. The van der Waals surface area contributed by atoms with E-state index in [4.69, 9.17) is 0 Å². The largest absolute Gasteiger partial charge is 0.358 e. The van der Waals surface area contributed by atoms with E-state index in [2.05, 4.69) is 10.1 Å². The van der Waals surface area contributed by atoms with E-state index in [-0.39, 0.29) is 12.2 Å². The number of para-hydroxylation sites is 1. The summed E-state index contributed by atoms with van der Waals surface area (Å²) in [7, 11) is -3.34. The summed E-state index contributed by atoms with van der Waals surface area (Å²) in [5.41, 5.74) is 1.80. The zero-order chi connectivity index (χ0) is 13.9. The van der Waals surface area contributed by atoms with Crippen molar-refractivity contribution in [3.05, 3.63) is 36.0 Å². The summed E-state index contributed by atoms with van der Waals surface area (Å²) >= 11 is 0. The van der Waals surface area contributed by atoms with Crippen LogP contribution in [0.4, 0.5) is 0 Å². The van der Waals surface area contributed by atoms with Crippen molar-refractivity contribution in [2.45, 2.75) is 38.9 Å². The average molecular weight is 280 g/mol. The molecule has 0 aliphatic heterocycles. The van der Waals surface area contributed by atoms with E-state index in [1.165, 1.54) is 0 Å². The maximum absolute atomic E-state index is 12.2. The highest BCUT2D eigenvalue weighted by atomic mass is 31.2. The smallest absolute Gasteiger partial charge is 0.273 e. The van der Waals surface area contributed by atoms with Crippen molar-refractivity contribution in [2.24, 2.45) is 0 Å². The maximum Gasteiger partial charge on any atom is 0.273 e. The molecule has 0 bridgehead atoms. The van der Waals surface area contributed by atoms with E-state index in [9.17, 15) is 9.46 Å². The molecule has 4 nitrogen and oxygen atoms in total. The summed E-state index contributed by atoms with van der Waals surface area (Å²) in [6.45, 7) is 4.04. The van der Waals surface area contributed by atoms with Gasteiger partial charge in [0.05, 0.1) is 6.16 Å². The number of aromatic amines is 1. The standard InChI is InChI=1S/C14H21N2O2P/c1-3-12(4-2)16-19(17,18)10-13-9-11-7-5-6-8-14(11)15-13/h5-9,12,15H,3-4,10H2,1-2H3,(H2,16,17,18). The van der Waals surface area contributed by atoms with Gasteiger partial charge in [0.25, 0.3) is 7.52 Å². The molecular weight excluding hydrogens is 259 g/mol. The van der Waals surface area contributed by atoms with E-state index in [1.54, 1.807) is 0 Å². The normalized spacial score (nSPS) is 14.9. The van der Waals surface area contributed by atoms with E-state index >= 15 is 0 Å². The molecule has 1 aromatic heterocycles. The van der Waals surface area contributed by atoms with Gasteiger partial charge in [-0.3, -0.25) is 4.57 Å². The Kier molecular flexibility index (Phi) is 4.46. The van der Waals surface area contributed by atoms with Gasteiger partial charge in [0.15, 0.2) is 0 Å². The predicted octanol–water partition coefficient (Wildman–Crippen LogP) is 3.63. The van der Waals surface area contributed by atoms with Gasteiger partial charge in [-0.1, -0.05) is 32.0 Å². The van der Waals surface area contributed by atoms with E-state index in [0.29, 0.717) is 0 Å². The van der Waals surface area contributed by atoms with Crippen LogP contribution < -0.4 is 5.09 Å². The molecule has 0 saturated carbocycles. The fourth-order valence-corrected chi connectivity index (χ4v) is 3.91. The zero-order valence-electron chi connectivity index (χ0n) is 11.4. The minimum Gasteiger partial charge on any atom is -0.358 e. The van der Waals surface area contributed by atoms with Crippen LogP contribution in [0.15, 0.2) is 30.3 Å². The number of benzene rings is 1. The van der Waals surface area contributed by atoms with Crippen LogP contribution in [0.1, 0.15) is 32.4 Å². The second-order valence-electron chi connectivity index (χ2n) is 4.88. The first-order valence-electron chi connectivity index (χ1n) is 6.70. The van der Waals surface area contributed by atoms with Gasteiger partial charge in [-0.15, -0.1) is 0 Å². The topological polar surface area (TPSA) is 65.1 Å². The molecular formula is C14H21N2O2P. The van der Waals surface area contributed by atoms with Gasteiger partial charge >= 0.3 is 0 Å². The molecule has 0 saturated heterocycles. The molecule has 0 spiro atoms. The lowest BCUT2D eigenvalue weighted by Crippen LogP contribution is -2.25. The first-order chi connectivity index (χ1) is 9.04. The molecule has 1 aromatic carbocycles. The van der Waals surface area contributed by atoms with Crippen molar-refractivity contribution in [2.75, 3.05) is 0 Å². The third-order valence-electron chi connectivity index (χ3n) is 3.34. The number of hydrogen-bond donors (Lipinski definition) is 3.